The molecule has 0 unspecified atom stereocenters. The molecule has 1 aliphatic heterocycles. The van der Waals surface area contributed by atoms with Gasteiger partial charge in [-0.1, -0.05) is 33.8 Å². The maximum atomic E-state index is 13.3. The van der Waals surface area contributed by atoms with Crippen LogP contribution in [0.1, 0.15) is 67.7 Å². The fourth-order valence-electron chi connectivity index (χ4n) is 3.90. The Labute approximate surface area is 219 Å². The zero-order valence-electron chi connectivity index (χ0n) is 23.1. The van der Waals surface area contributed by atoms with E-state index in [1.54, 1.807) is 34.6 Å². The molecule has 1 fully saturated rings. The van der Waals surface area contributed by atoms with Crippen LogP contribution in [0.2, 0.25) is 0 Å². The molecule has 0 bridgehead atoms. The zero-order valence-corrected chi connectivity index (χ0v) is 23.1. The first-order valence-corrected chi connectivity index (χ1v) is 13.0. The van der Waals surface area contributed by atoms with E-state index in [1.165, 1.54) is 12.2 Å². The van der Waals surface area contributed by atoms with E-state index in [0.717, 1.165) is 0 Å². The normalized spacial score (nSPS) is 17.9. The van der Waals surface area contributed by atoms with Gasteiger partial charge in [-0.25, -0.2) is 9.59 Å². The van der Waals surface area contributed by atoms with Crippen LogP contribution in [0.3, 0.4) is 0 Å². The number of carbonyl (C=O) groups excluding carboxylic acids is 5. The number of esters is 1. The molecule has 0 aliphatic carbocycles. The van der Waals surface area contributed by atoms with Crippen LogP contribution < -0.4 is 21.3 Å². The monoisotopic (exact) mass is 524 g/mol. The molecule has 4 N–H and O–H groups in total. The molecular formula is C26H44N4O7. The van der Waals surface area contributed by atoms with Crippen LogP contribution in [0.25, 0.3) is 0 Å². The molecule has 11 nitrogen and oxygen atoms in total. The van der Waals surface area contributed by atoms with Crippen molar-refractivity contribution in [3.8, 4) is 0 Å². The Balaban J connectivity index is 3.03. The van der Waals surface area contributed by atoms with E-state index in [4.69, 9.17) is 9.47 Å². The standard InChI is InChI=1S/C26H44N4O7/c1-8-36-21(31)10-9-19(14-18-11-12-27-23(18)32)28-24(33)20(13-15(2)3)29-25(34)22(16(4)5)30-26(35)37-17(6)7/h9-10,15-20,22H,8,11-14H2,1-7H3,(H,27,32)(H,28,33)(H,29,34)(H,30,35)/b10-9+/t18-,19+,20-,22-/m0/s1. The van der Waals surface area contributed by atoms with E-state index in [2.05, 4.69) is 21.3 Å². The van der Waals surface area contributed by atoms with Crippen LogP contribution in [0.15, 0.2) is 12.2 Å². The highest BCUT2D eigenvalue weighted by Gasteiger charge is 2.32. The summed E-state index contributed by atoms with van der Waals surface area (Å²) in [5.41, 5.74) is 0. The Kier molecular flexibility index (Phi) is 13.7. The van der Waals surface area contributed by atoms with E-state index in [0.29, 0.717) is 25.8 Å². The molecule has 0 radical (unpaired) electrons. The number of ether oxygens (including phenoxy) is 2. The fraction of sp³-hybridized carbons (Fsp3) is 0.731. The summed E-state index contributed by atoms with van der Waals surface area (Å²) < 4.78 is 10.0. The summed E-state index contributed by atoms with van der Waals surface area (Å²) in [6.45, 7) is 13.3. The van der Waals surface area contributed by atoms with Crippen LogP contribution in [0.5, 0.6) is 0 Å². The minimum atomic E-state index is -0.907. The summed E-state index contributed by atoms with van der Waals surface area (Å²) in [5.74, 6) is -2.11. The second-order valence-electron chi connectivity index (χ2n) is 10.2. The van der Waals surface area contributed by atoms with Crippen molar-refractivity contribution in [1.29, 1.82) is 0 Å². The molecule has 1 aliphatic rings. The van der Waals surface area contributed by atoms with Crippen molar-refractivity contribution in [2.75, 3.05) is 13.2 Å². The first kappa shape index (κ1) is 31.9. The lowest BCUT2D eigenvalue weighted by atomic mass is 9.96. The van der Waals surface area contributed by atoms with Gasteiger partial charge in [-0.15, -0.1) is 0 Å². The number of alkyl carbamates (subject to hydrolysis) is 1. The summed E-state index contributed by atoms with van der Waals surface area (Å²) in [4.78, 5) is 62.5. The predicted molar refractivity (Wildman–Crippen MR) is 138 cm³/mol. The maximum Gasteiger partial charge on any atom is 0.408 e. The highest BCUT2D eigenvalue weighted by Crippen LogP contribution is 2.17. The summed E-state index contributed by atoms with van der Waals surface area (Å²) in [6, 6.07) is -2.43. The first-order chi connectivity index (χ1) is 17.3. The summed E-state index contributed by atoms with van der Waals surface area (Å²) in [7, 11) is 0. The Morgan fingerprint density at radius 1 is 1.03 bits per heavy atom. The molecule has 1 heterocycles. The van der Waals surface area contributed by atoms with Gasteiger partial charge < -0.3 is 30.7 Å². The van der Waals surface area contributed by atoms with Gasteiger partial charge in [0.1, 0.15) is 12.1 Å². The zero-order chi connectivity index (χ0) is 28.1. The highest BCUT2D eigenvalue weighted by atomic mass is 16.6. The van der Waals surface area contributed by atoms with Gasteiger partial charge in [-0.3, -0.25) is 14.4 Å². The molecule has 0 saturated carbocycles. The van der Waals surface area contributed by atoms with E-state index < -0.39 is 42.0 Å². The summed E-state index contributed by atoms with van der Waals surface area (Å²) in [5, 5.41) is 11.0. The molecule has 0 aromatic carbocycles. The van der Waals surface area contributed by atoms with Gasteiger partial charge in [0.15, 0.2) is 0 Å². The van der Waals surface area contributed by atoms with Crippen LogP contribution in [-0.4, -0.2) is 67.2 Å². The lowest BCUT2D eigenvalue weighted by Gasteiger charge is -2.27. The van der Waals surface area contributed by atoms with Crippen LogP contribution >= 0.6 is 0 Å². The van der Waals surface area contributed by atoms with Crippen molar-refractivity contribution in [2.45, 2.75) is 92.0 Å². The third-order valence-corrected chi connectivity index (χ3v) is 5.69. The number of hydrogen-bond acceptors (Lipinski definition) is 7. The Bertz CT molecular complexity index is 826. The molecule has 4 amide bonds. The number of carbonyl (C=O) groups is 5. The molecule has 0 aromatic rings. The quantitative estimate of drug-likeness (QED) is 0.200. The smallest absolute Gasteiger partial charge is 0.408 e. The Hall–Kier alpha value is -3.11. The molecule has 1 rings (SSSR count). The molecule has 4 atom stereocenters. The fourth-order valence-corrected chi connectivity index (χ4v) is 3.90. The van der Waals surface area contributed by atoms with E-state index in [1.807, 2.05) is 13.8 Å². The second kappa shape index (κ2) is 15.9. The van der Waals surface area contributed by atoms with Crippen molar-refractivity contribution in [1.82, 2.24) is 21.3 Å². The number of nitrogens with one attached hydrogen (secondary N) is 4. The topological polar surface area (TPSA) is 152 Å². The van der Waals surface area contributed by atoms with Gasteiger partial charge in [0, 0.05) is 24.6 Å². The van der Waals surface area contributed by atoms with Crippen molar-refractivity contribution in [2.24, 2.45) is 17.8 Å². The van der Waals surface area contributed by atoms with E-state index in [9.17, 15) is 24.0 Å². The van der Waals surface area contributed by atoms with Crippen molar-refractivity contribution in [3.63, 3.8) is 0 Å². The average molecular weight is 525 g/mol. The summed E-state index contributed by atoms with van der Waals surface area (Å²) >= 11 is 0. The SMILES string of the molecule is CCOC(=O)/C=C/[C@H](C[C@@H]1CCNC1=O)NC(=O)[C@H](CC(C)C)NC(=O)[C@@H](NC(=O)OC(C)C)C(C)C. The summed E-state index contributed by atoms with van der Waals surface area (Å²) in [6.07, 6.45) is 2.94. The van der Waals surface area contributed by atoms with Crippen LogP contribution in [0, 0.1) is 17.8 Å². The molecule has 1 saturated heterocycles. The number of amides is 4. The van der Waals surface area contributed by atoms with Crippen molar-refractivity contribution < 1.29 is 33.4 Å². The average Bonchev–Trinajstić information content (AvgIpc) is 3.18. The lowest BCUT2D eigenvalue weighted by Crippen LogP contribution is -2.56. The van der Waals surface area contributed by atoms with Gasteiger partial charge in [-0.2, -0.15) is 0 Å². The van der Waals surface area contributed by atoms with Gasteiger partial charge >= 0.3 is 12.1 Å². The Morgan fingerprint density at radius 3 is 2.22 bits per heavy atom. The maximum absolute atomic E-state index is 13.3. The predicted octanol–water partition coefficient (Wildman–Crippen LogP) is 1.81. The minimum Gasteiger partial charge on any atom is -0.463 e. The van der Waals surface area contributed by atoms with Gasteiger partial charge in [-0.05, 0) is 51.9 Å². The van der Waals surface area contributed by atoms with Crippen LogP contribution in [-0.2, 0) is 28.7 Å². The lowest BCUT2D eigenvalue weighted by molar-refractivity contribution is -0.137. The number of hydrogen-bond donors (Lipinski definition) is 4. The van der Waals surface area contributed by atoms with Gasteiger partial charge in [0.05, 0.1) is 12.7 Å². The van der Waals surface area contributed by atoms with E-state index in [-0.39, 0.29) is 36.4 Å². The highest BCUT2D eigenvalue weighted by molar-refractivity contribution is 5.92. The minimum absolute atomic E-state index is 0.0709. The first-order valence-electron chi connectivity index (χ1n) is 13.0. The second-order valence-corrected chi connectivity index (χ2v) is 10.2. The van der Waals surface area contributed by atoms with E-state index >= 15 is 0 Å². The van der Waals surface area contributed by atoms with Crippen molar-refractivity contribution in [3.05, 3.63) is 12.2 Å². The van der Waals surface area contributed by atoms with Crippen LogP contribution in [0.4, 0.5) is 4.79 Å². The third kappa shape index (κ3) is 12.1. The van der Waals surface area contributed by atoms with Crippen molar-refractivity contribution >= 4 is 29.8 Å². The molecule has 11 heteroatoms. The molecule has 210 valence electrons. The largest absolute Gasteiger partial charge is 0.463 e. The molecule has 0 spiro atoms. The third-order valence-electron chi connectivity index (χ3n) is 5.69. The molecule has 37 heavy (non-hydrogen) atoms. The Morgan fingerprint density at radius 2 is 1.70 bits per heavy atom. The number of rotatable bonds is 14. The van der Waals surface area contributed by atoms with Gasteiger partial charge in [0.25, 0.3) is 0 Å². The molecule has 0 aromatic heterocycles. The molecular weight excluding hydrogens is 480 g/mol. The van der Waals surface area contributed by atoms with Gasteiger partial charge in [0.2, 0.25) is 17.7 Å².